The van der Waals surface area contributed by atoms with Crippen molar-refractivity contribution in [1.29, 1.82) is 0 Å². The molecule has 0 rings (SSSR count). The van der Waals surface area contributed by atoms with Crippen molar-refractivity contribution in [3.63, 3.8) is 0 Å². The fourth-order valence-corrected chi connectivity index (χ4v) is 1.02. The molecule has 0 aliphatic rings. The van der Waals surface area contributed by atoms with E-state index in [1.165, 1.54) is 0 Å². The fourth-order valence-electron chi connectivity index (χ4n) is 0.241. The molecule has 0 aliphatic heterocycles. The van der Waals surface area contributed by atoms with Gasteiger partial charge in [-0.25, -0.2) is 0 Å². The van der Waals surface area contributed by atoms with Crippen molar-refractivity contribution >= 4 is 15.5 Å². The first-order valence-corrected chi connectivity index (χ1v) is 4.77. The Hall–Kier alpha value is 0.160. The van der Waals surface area contributed by atoms with E-state index in [2.05, 4.69) is 5.63 Å². The average Bonchev–Trinajstić information content (AvgIpc) is 1.63. The van der Waals surface area contributed by atoms with Gasteiger partial charge in [0.2, 0.25) is 0 Å². The third-order valence-corrected chi connectivity index (χ3v) is 1.74. The van der Waals surface area contributed by atoms with Crippen molar-refractivity contribution in [2.24, 2.45) is 0 Å². The molecule has 0 amide bonds. The van der Waals surface area contributed by atoms with E-state index in [0.717, 1.165) is 0 Å². The second-order valence-electron chi connectivity index (χ2n) is 1.39. The number of hydrogen-bond acceptors (Lipinski definition) is 2. The number of hydrogen-bond donors (Lipinski definition) is 2. The van der Waals surface area contributed by atoms with Crippen LogP contribution < -0.4 is 0 Å². The van der Waals surface area contributed by atoms with E-state index in [-0.39, 0.29) is 20.5 Å². The van der Waals surface area contributed by atoms with Gasteiger partial charge in [0.1, 0.15) is 0 Å². The molecular formula is C3H6O4P2. The molecule has 0 heterocycles. The molecule has 2 N–H and O–H groups in total. The summed E-state index contributed by atoms with van der Waals surface area (Å²) in [6.07, 6.45) is -0.211. The zero-order valence-corrected chi connectivity index (χ0v) is 6.31. The van der Waals surface area contributed by atoms with Gasteiger partial charge in [-0.15, -0.1) is 0 Å². The minimum absolute atomic E-state index is 0.0648. The van der Waals surface area contributed by atoms with Gasteiger partial charge in [-0.2, -0.15) is 0 Å². The molecule has 0 saturated heterocycles. The summed E-state index contributed by atoms with van der Waals surface area (Å²) in [5.74, 6) is 0. The summed E-state index contributed by atoms with van der Waals surface area (Å²) in [4.78, 5) is 16.4. The van der Waals surface area contributed by atoms with Crippen molar-refractivity contribution < 1.29 is 18.9 Å². The molecule has 0 unspecified atom stereocenters. The van der Waals surface area contributed by atoms with Crippen LogP contribution in [0.25, 0.3) is 0 Å². The Balaban J connectivity index is 3.61. The Bertz CT molecular complexity index is 209. The van der Waals surface area contributed by atoms with E-state index in [0.29, 0.717) is 0 Å². The van der Waals surface area contributed by atoms with Crippen LogP contribution in [0.15, 0.2) is 0 Å². The summed E-state index contributed by atoms with van der Waals surface area (Å²) >= 11 is 0. The van der Waals surface area contributed by atoms with Crippen LogP contribution >= 0.6 is 15.5 Å². The first-order valence-electron chi connectivity index (χ1n) is 2.16. The number of rotatable bonds is 2. The van der Waals surface area contributed by atoms with Crippen LogP contribution in [0.5, 0.6) is 0 Å². The van der Waals surface area contributed by atoms with Crippen molar-refractivity contribution in [3.05, 3.63) is 0 Å². The Morgan fingerprint density at radius 1 is 1.56 bits per heavy atom. The Kier molecular flexibility index (Phi) is 4.12. The van der Waals surface area contributed by atoms with Crippen LogP contribution in [0.3, 0.4) is 0 Å². The van der Waals surface area contributed by atoms with Crippen LogP contribution in [0.2, 0.25) is 0 Å². The van der Waals surface area contributed by atoms with Crippen molar-refractivity contribution in [2.75, 3.05) is 6.16 Å². The minimum atomic E-state index is -3.90. The molecule has 6 heteroatoms. The first kappa shape index (κ1) is 9.16. The summed E-state index contributed by atoms with van der Waals surface area (Å²) in [5, 5.41) is 0. The second kappa shape index (κ2) is 4.05. The van der Waals surface area contributed by atoms with Crippen LogP contribution in [0, 0.1) is 5.63 Å². The van der Waals surface area contributed by atoms with Gasteiger partial charge < -0.3 is 0 Å². The third kappa shape index (κ3) is 8.16. The average molecular weight is 168 g/mol. The molecule has 0 aromatic carbocycles. The topological polar surface area (TPSA) is 74.6 Å². The monoisotopic (exact) mass is 168 g/mol. The van der Waals surface area contributed by atoms with Crippen LogP contribution in [-0.2, 0) is 9.13 Å². The van der Waals surface area contributed by atoms with Gasteiger partial charge in [-0.05, 0) is 0 Å². The predicted molar refractivity (Wildman–Crippen MR) is 33.0 cm³/mol. The Labute approximate surface area is 53.6 Å². The molecular weight excluding hydrogens is 162 g/mol. The maximum absolute atomic E-state index is 10.1. The normalized spacial score (nSPS) is 10.4. The zero-order valence-electron chi connectivity index (χ0n) is 4.52. The molecule has 0 radical (unpaired) electrons. The van der Waals surface area contributed by atoms with E-state index in [1.54, 1.807) is 0 Å². The first-order chi connectivity index (χ1) is 4.06. The van der Waals surface area contributed by atoms with Crippen LogP contribution in [0.4, 0.5) is 0 Å². The zero-order chi connectivity index (χ0) is 7.33. The van der Waals surface area contributed by atoms with Gasteiger partial charge in [0.25, 0.3) is 0 Å². The van der Waals surface area contributed by atoms with Gasteiger partial charge in [-0.3, -0.25) is 0 Å². The molecule has 0 bridgehead atoms. The Morgan fingerprint density at radius 2 is 2.11 bits per heavy atom. The van der Waals surface area contributed by atoms with E-state index in [9.17, 15) is 9.13 Å². The molecule has 0 aromatic rings. The summed E-state index contributed by atoms with van der Waals surface area (Å²) in [6, 6.07) is 0. The van der Waals surface area contributed by atoms with Crippen molar-refractivity contribution in [1.82, 2.24) is 0 Å². The van der Waals surface area contributed by atoms with E-state index < -0.39 is 7.60 Å². The SMILES string of the molecule is O=P#CCCP(=O)(O)O. The maximum atomic E-state index is 10.1. The molecule has 52 valence electrons. The molecule has 4 nitrogen and oxygen atoms in total. The molecule has 0 fully saturated rings. The fraction of sp³-hybridized carbons (Fsp3) is 0.667. The van der Waals surface area contributed by atoms with Gasteiger partial charge >= 0.3 is 52.6 Å². The second-order valence-corrected chi connectivity index (χ2v) is 3.66. The molecule has 0 atom stereocenters. The van der Waals surface area contributed by atoms with Crippen molar-refractivity contribution in [3.8, 4) is 5.63 Å². The van der Waals surface area contributed by atoms with Gasteiger partial charge in [0.15, 0.2) is 0 Å². The molecule has 9 heavy (non-hydrogen) atoms. The summed E-state index contributed by atoms with van der Waals surface area (Å²) in [6.45, 7) is 0. The van der Waals surface area contributed by atoms with Crippen LogP contribution in [-0.4, -0.2) is 15.9 Å². The summed E-state index contributed by atoms with van der Waals surface area (Å²) < 4.78 is 19.7. The van der Waals surface area contributed by atoms with Gasteiger partial charge in [0, 0.05) is 0 Å². The van der Waals surface area contributed by atoms with Gasteiger partial charge in [0.05, 0.1) is 0 Å². The molecule has 0 aliphatic carbocycles. The van der Waals surface area contributed by atoms with Crippen molar-refractivity contribution in [2.45, 2.75) is 6.42 Å². The molecule has 0 spiro atoms. The quantitative estimate of drug-likeness (QED) is 0.598. The van der Waals surface area contributed by atoms with Crippen LogP contribution in [0.1, 0.15) is 6.42 Å². The summed E-state index contributed by atoms with van der Waals surface area (Å²) in [7, 11) is -4.20. The molecule has 0 aromatic heterocycles. The van der Waals surface area contributed by atoms with Gasteiger partial charge in [-0.1, -0.05) is 0 Å². The predicted octanol–water partition coefficient (Wildman–Crippen LogP) is 0.805. The van der Waals surface area contributed by atoms with E-state index in [4.69, 9.17) is 9.79 Å². The van der Waals surface area contributed by atoms with E-state index in [1.807, 2.05) is 0 Å². The standard InChI is InChI=1S/C3H6O4P2/c4-8-2-1-3-9(5,6)7/h1,3H2,(H2,5,6,7). The van der Waals surface area contributed by atoms with E-state index >= 15 is 0 Å². The molecule has 0 saturated carbocycles. The summed E-state index contributed by atoms with van der Waals surface area (Å²) in [5.41, 5.74) is 2.23. The Morgan fingerprint density at radius 3 is 2.44 bits per heavy atom. The third-order valence-electron chi connectivity index (χ3n) is 0.579.